The fourth-order valence-corrected chi connectivity index (χ4v) is 5.27. The molecule has 132 valence electrons. The van der Waals surface area contributed by atoms with Crippen molar-refractivity contribution in [3.8, 4) is 0 Å². The number of carboxylic acid groups (broad SMARTS) is 2. The summed E-state index contributed by atoms with van der Waals surface area (Å²) in [6.45, 7) is 0. The highest BCUT2D eigenvalue weighted by Crippen LogP contribution is 2.50. The molecule has 0 saturated heterocycles. The molecule has 6 unspecified atom stereocenters. The lowest BCUT2D eigenvalue weighted by molar-refractivity contribution is -0.146. The van der Waals surface area contributed by atoms with Gasteiger partial charge in [-0.1, -0.05) is 12.8 Å². The number of hydrogen-bond donors (Lipinski definition) is 4. The average molecular weight is 328 g/mol. The summed E-state index contributed by atoms with van der Waals surface area (Å²) < 4.78 is 0. The summed E-state index contributed by atoms with van der Waals surface area (Å²) in [4.78, 5) is 21.6. The molecule has 7 nitrogen and oxygen atoms in total. The summed E-state index contributed by atoms with van der Waals surface area (Å²) in [6.07, 6.45) is 7.92. The van der Waals surface area contributed by atoms with Gasteiger partial charge >= 0.3 is 11.9 Å². The Balaban J connectivity index is 0.000000160. The molecule has 0 aromatic carbocycles. The van der Waals surface area contributed by atoms with Gasteiger partial charge < -0.3 is 27.2 Å². The maximum atomic E-state index is 10.8. The second-order valence-electron chi connectivity index (χ2n) is 7.85. The standard InChI is InChI=1S/2C8H13NO2.H2O/c2*9-8(7(10)11)4-5-1-2-6(8)3-5;/h2*5-6H,1-4,9H2,(H,10,11);1H2. The van der Waals surface area contributed by atoms with E-state index in [2.05, 4.69) is 0 Å². The van der Waals surface area contributed by atoms with E-state index in [1.807, 2.05) is 0 Å². The lowest BCUT2D eigenvalue weighted by atomic mass is 9.82. The third-order valence-electron chi connectivity index (χ3n) is 6.59. The van der Waals surface area contributed by atoms with Gasteiger partial charge in [0.15, 0.2) is 0 Å². The molecule has 4 aliphatic rings. The van der Waals surface area contributed by atoms with Crippen molar-refractivity contribution in [3.63, 3.8) is 0 Å². The molecule has 0 radical (unpaired) electrons. The predicted octanol–water partition coefficient (Wildman–Crippen LogP) is 0.352. The molecule has 7 heteroatoms. The van der Waals surface area contributed by atoms with Crippen LogP contribution >= 0.6 is 0 Å². The van der Waals surface area contributed by atoms with E-state index in [0.717, 1.165) is 25.7 Å². The first-order valence-electron chi connectivity index (χ1n) is 8.30. The summed E-state index contributed by atoms with van der Waals surface area (Å²) in [5, 5.41) is 17.7. The summed E-state index contributed by atoms with van der Waals surface area (Å²) in [5.41, 5.74) is 9.83. The van der Waals surface area contributed by atoms with Crippen molar-refractivity contribution in [1.82, 2.24) is 0 Å². The van der Waals surface area contributed by atoms with E-state index in [1.165, 1.54) is 12.8 Å². The van der Waals surface area contributed by atoms with Gasteiger partial charge in [0.2, 0.25) is 0 Å². The highest BCUT2D eigenvalue weighted by Gasteiger charge is 2.54. The van der Waals surface area contributed by atoms with Crippen LogP contribution in [0, 0.1) is 23.7 Å². The van der Waals surface area contributed by atoms with Gasteiger partial charge in [0.1, 0.15) is 11.1 Å². The van der Waals surface area contributed by atoms with Crippen molar-refractivity contribution >= 4 is 11.9 Å². The maximum absolute atomic E-state index is 10.8. The molecule has 6 atom stereocenters. The first kappa shape index (κ1) is 18.2. The monoisotopic (exact) mass is 328 g/mol. The third kappa shape index (κ3) is 2.86. The lowest BCUT2D eigenvalue weighted by Gasteiger charge is -2.28. The van der Waals surface area contributed by atoms with E-state index < -0.39 is 23.0 Å². The van der Waals surface area contributed by atoms with E-state index in [4.69, 9.17) is 21.7 Å². The van der Waals surface area contributed by atoms with Crippen molar-refractivity contribution in [1.29, 1.82) is 0 Å². The van der Waals surface area contributed by atoms with Crippen LogP contribution in [0.15, 0.2) is 0 Å². The van der Waals surface area contributed by atoms with E-state index in [1.54, 1.807) is 0 Å². The molecule has 0 spiro atoms. The molecular formula is C16H28N2O5. The SMILES string of the molecule is NC1(C(=O)O)CC2CCC1C2.NC1(C(=O)O)CC2CCC1C2.O. The zero-order chi connectivity index (χ0) is 16.1. The molecule has 4 fully saturated rings. The molecular weight excluding hydrogens is 300 g/mol. The second kappa shape index (κ2) is 6.03. The molecule has 0 aromatic heterocycles. The van der Waals surface area contributed by atoms with Gasteiger partial charge in [-0.2, -0.15) is 0 Å². The molecule has 0 aromatic rings. The van der Waals surface area contributed by atoms with Crippen molar-refractivity contribution in [2.45, 2.75) is 62.4 Å². The number of carbonyl (C=O) groups is 2. The van der Waals surface area contributed by atoms with Gasteiger partial charge in [-0.05, 0) is 62.2 Å². The minimum absolute atomic E-state index is 0. The molecule has 0 heterocycles. The zero-order valence-corrected chi connectivity index (χ0v) is 13.3. The molecule has 4 bridgehead atoms. The normalized spacial score (nSPS) is 46.0. The molecule has 23 heavy (non-hydrogen) atoms. The quantitative estimate of drug-likeness (QED) is 0.572. The van der Waals surface area contributed by atoms with Crippen molar-refractivity contribution in [2.24, 2.45) is 35.1 Å². The van der Waals surface area contributed by atoms with Crippen LogP contribution in [0.4, 0.5) is 0 Å². The smallest absolute Gasteiger partial charge is 0.323 e. The minimum Gasteiger partial charge on any atom is -0.480 e. The number of nitrogens with two attached hydrogens (primary N) is 2. The van der Waals surface area contributed by atoms with Crippen molar-refractivity contribution < 1.29 is 25.3 Å². The van der Waals surface area contributed by atoms with Crippen molar-refractivity contribution in [2.75, 3.05) is 0 Å². The van der Waals surface area contributed by atoms with Crippen LogP contribution in [0.1, 0.15) is 51.4 Å². The minimum atomic E-state index is -0.872. The largest absolute Gasteiger partial charge is 0.480 e. The summed E-state index contributed by atoms with van der Waals surface area (Å²) in [7, 11) is 0. The number of aliphatic carboxylic acids is 2. The zero-order valence-electron chi connectivity index (χ0n) is 13.3. The van der Waals surface area contributed by atoms with Gasteiger partial charge in [0, 0.05) is 0 Å². The lowest BCUT2D eigenvalue weighted by Crippen LogP contribution is -2.52. The van der Waals surface area contributed by atoms with Gasteiger partial charge in [-0.3, -0.25) is 9.59 Å². The van der Waals surface area contributed by atoms with Gasteiger partial charge in [0.05, 0.1) is 0 Å². The Morgan fingerprint density at radius 3 is 1.26 bits per heavy atom. The van der Waals surface area contributed by atoms with Crippen molar-refractivity contribution in [3.05, 3.63) is 0 Å². The second-order valence-corrected chi connectivity index (χ2v) is 7.85. The average Bonchev–Trinajstić information content (AvgIpc) is 3.17. The van der Waals surface area contributed by atoms with Gasteiger partial charge in [-0.15, -0.1) is 0 Å². The first-order valence-corrected chi connectivity index (χ1v) is 8.30. The first-order chi connectivity index (χ1) is 10.3. The fourth-order valence-electron chi connectivity index (χ4n) is 5.27. The molecule has 0 amide bonds. The number of rotatable bonds is 2. The van der Waals surface area contributed by atoms with Crippen LogP contribution in [-0.4, -0.2) is 38.7 Å². The number of hydrogen-bond acceptors (Lipinski definition) is 4. The van der Waals surface area contributed by atoms with Crippen LogP contribution in [-0.2, 0) is 9.59 Å². The van der Waals surface area contributed by atoms with Crippen LogP contribution < -0.4 is 11.5 Å². The van der Waals surface area contributed by atoms with E-state index >= 15 is 0 Å². The fraction of sp³-hybridized carbons (Fsp3) is 0.875. The Labute approximate surface area is 135 Å². The molecule has 0 aliphatic heterocycles. The Hall–Kier alpha value is -1.18. The molecule has 4 saturated carbocycles. The summed E-state index contributed by atoms with van der Waals surface area (Å²) in [6, 6.07) is 0. The Morgan fingerprint density at radius 1 is 0.783 bits per heavy atom. The molecule has 4 rings (SSSR count). The molecule has 8 N–H and O–H groups in total. The van der Waals surface area contributed by atoms with Crippen LogP contribution in [0.5, 0.6) is 0 Å². The van der Waals surface area contributed by atoms with Crippen LogP contribution in [0.25, 0.3) is 0 Å². The highest BCUT2D eigenvalue weighted by molar-refractivity contribution is 5.80. The summed E-state index contributed by atoms with van der Waals surface area (Å²) >= 11 is 0. The molecule has 4 aliphatic carbocycles. The van der Waals surface area contributed by atoms with E-state index in [0.29, 0.717) is 24.7 Å². The predicted molar refractivity (Wildman–Crippen MR) is 83.6 cm³/mol. The highest BCUT2D eigenvalue weighted by atomic mass is 16.4. The Kier molecular flexibility index (Phi) is 4.76. The topological polar surface area (TPSA) is 158 Å². The van der Waals surface area contributed by atoms with Gasteiger partial charge in [0.25, 0.3) is 0 Å². The van der Waals surface area contributed by atoms with E-state index in [-0.39, 0.29) is 17.3 Å². The van der Waals surface area contributed by atoms with Crippen LogP contribution in [0.3, 0.4) is 0 Å². The maximum Gasteiger partial charge on any atom is 0.323 e. The van der Waals surface area contributed by atoms with Crippen LogP contribution in [0.2, 0.25) is 0 Å². The summed E-state index contributed by atoms with van der Waals surface area (Å²) in [5.74, 6) is 0.103. The Bertz CT molecular complexity index is 455. The number of carboxylic acids is 2. The Morgan fingerprint density at radius 2 is 1.13 bits per heavy atom. The van der Waals surface area contributed by atoms with E-state index in [9.17, 15) is 9.59 Å². The number of fused-ring (bicyclic) bond motifs is 4. The van der Waals surface area contributed by atoms with Gasteiger partial charge in [-0.25, -0.2) is 0 Å². The third-order valence-corrected chi connectivity index (χ3v) is 6.59.